The fourth-order valence-corrected chi connectivity index (χ4v) is 1.21. The number of aryl methyl sites for hydroxylation is 1. The first-order chi connectivity index (χ1) is 6.76. The van der Waals surface area contributed by atoms with Gasteiger partial charge in [-0.1, -0.05) is 6.92 Å². The zero-order valence-electron chi connectivity index (χ0n) is 9.08. The minimum Gasteiger partial charge on any atom is -0.492 e. The lowest BCUT2D eigenvalue weighted by atomic mass is 10.2. The van der Waals surface area contributed by atoms with E-state index in [2.05, 4.69) is 17.2 Å². The van der Waals surface area contributed by atoms with Crippen LogP contribution in [0.3, 0.4) is 0 Å². The molecule has 0 aliphatic heterocycles. The van der Waals surface area contributed by atoms with Gasteiger partial charge in [0.1, 0.15) is 12.4 Å². The molecule has 0 aliphatic rings. The van der Waals surface area contributed by atoms with Crippen LogP contribution in [0.5, 0.6) is 5.75 Å². The minimum absolute atomic E-state index is 0.420. The number of hydrogen-bond donors (Lipinski definition) is 1. The SMILES string of the molecule is CCC(COc1ccnc(C)c1)NC. The van der Waals surface area contributed by atoms with Gasteiger partial charge in [-0.3, -0.25) is 4.98 Å². The van der Waals surface area contributed by atoms with Gasteiger partial charge in [0.15, 0.2) is 0 Å². The predicted molar refractivity (Wildman–Crippen MR) is 57.6 cm³/mol. The van der Waals surface area contributed by atoms with Crippen molar-refractivity contribution in [2.75, 3.05) is 13.7 Å². The molecular weight excluding hydrogens is 176 g/mol. The van der Waals surface area contributed by atoms with Crippen molar-refractivity contribution < 1.29 is 4.74 Å². The molecule has 0 aromatic carbocycles. The van der Waals surface area contributed by atoms with Crippen LogP contribution in [0.4, 0.5) is 0 Å². The molecule has 3 nitrogen and oxygen atoms in total. The molecule has 1 unspecified atom stereocenters. The van der Waals surface area contributed by atoms with Crippen LogP contribution in [0.25, 0.3) is 0 Å². The number of rotatable bonds is 5. The van der Waals surface area contributed by atoms with Crippen LogP contribution in [-0.2, 0) is 0 Å². The highest BCUT2D eigenvalue weighted by Gasteiger charge is 2.03. The Hall–Kier alpha value is -1.09. The lowest BCUT2D eigenvalue weighted by molar-refractivity contribution is 0.267. The molecule has 0 amide bonds. The van der Waals surface area contributed by atoms with Gasteiger partial charge in [-0.2, -0.15) is 0 Å². The second-order valence-corrected chi connectivity index (χ2v) is 3.34. The molecule has 0 spiro atoms. The summed E-state index contributed by atoms with van der Waals surface area (Å²) < 4.78 is 5.63. The second-order valence-electron chi connectivity index (χ2n) is 3.34. The van der Waals surface area contributed by atoms with Crippen molar-refractivity contribution >= 4 is 0 Å². The summed E-state index contributed by atoms with van der Waals surface area (Å²) >= 11 is 0. The highest BCUT2D eigenvalue weighted by atomic mass is 16.5. The Balaban J connectivity index is 2.44. The van der Waals surface area contributed by atoms with Crippen molar-refractivity contribution in [3.63, 3.8) is 0 Å². The van der Waals surface area contributed by atoms with Crippen molar-refractivity contribution in [1.82, 2.24) is 10.3 Å². The van der Waals surface area contributed by atoms with Crippen LogP contribution in [0, 0.1) is 6.92 Å². The summed E-state index contributed by atoms with van der Waals surface area (Å²) in [5.74, 6) is 0.895. The highest BCUT2D eigenvalue weighted by Crippen LogP contribution is 2.10. The molecule has 0 fully saturated rings. The summed E-state index contributed by atoms with van der Waals surface area (Å²) in [6.07, 6.45) is 2.84. The van der Waals surface area contributed by atoms with Crippen LogP contribution in [0.1, 0.15) is 19.0 Å². The van der Waals surface area contributed by atoms with Crippen molar-refractivity contribution in [3.05, 3.63) is 24.0 Å². The Morgan fingerprint density at radius 3 is 2.93 bits per heavy atom. The van der Waals surface area contributed by atoms with Gasteiger partial charge in [-0.05, 0) is 26.5 Å². The molecular formula is C11H18N2O. The average molecular weight is 194 g/mol. The Bertz CT molecular complexity index is 272. The maximum Gasteiger partial charge on any atom is 0.122 e. The van der Waals surface area contributed by atoms with Crippen LogP contribution in [0.15, 0.2) is 18.3 Å². The van der Waals surface area contributed by atoms with Gasteiger partial charge in [0.2, 0.25) is 0 Å². The van der Waals surface area contributed by atoms with Crippen molar-refractivity contribution in [2.45, 2.75) is 26.3 Å². The zero-order chi connectivity index (χ0) is 10.4. The summed E-state index contributed by atoms with van der Waals surface area (Å²) in [6.45, 7) is 4.81. The van der Waals surface area contributed by atoms with Gasteiger partial charge >= 0.3 is 0 Å². The predicted octanol–water partition coefficient (Wildman–Crippen LogP) is 1.77. The Kier molecular flexibility index (Phi) is 4.40. The normalized spacial score (nSPS) is 12.5. The summed E-state index contributed by atoms with van der Waals surface area (Å²) in [5, 5.41) is 3.20. The van der Waals surface area contributed by atoms with E-state index in [-0.39, 0.29) is 0 Å². The molecule has 1 heterocycles. The first kappa shape index (κ1) is 11.0. The monoisotopic (exact) mass is 194 g/mol. The largest absolute Gasteiger partial charge is 0.492 e. The number of nitrogens with zero attached hydrogens (tertiary/aromatic N) is 1. The molecule has 0 aliphatic carbocycles. The Morgan fingerprint density at radius 2 is 2.36 bits per heavy atom. The van der Waals surface area contributed by atoms with Crippen LogP contribution in [-0.4, -0.2) is 24.7 Å². The fourth-order valence-electron chi connectivity index (χ4n) is 1.21. The standard InChI is InChI=1S/C11H18N2O/c1-4-10(12-3)8-14-11-5-6-13-9(2)7-11/h5-7,10,12H,4,8H2,1-3H3. The molecule has 0 saturated heterocycles. The van der Waals surface area contributed by atoms with Crippen LogP contribution < -0.4 is 10.1 Å². The van der Waals surface area contributed by atoms with Crippen molar-refractivity contribution in [1.29, 1.82) is 0 Å². The maximum atomic E-state index is 5.63. The van der Waals surface area contributed by atoms with Gasteiger partial charge in [-0.15, -0.1) is 0 Å². The van der Waals surface area contributed by atoms with Gasteiger partial charge in [0, 0.05) is 24.0 Å². The third-order valence-electron chi connectivity index (χ3n) is 2.22. The number of aromatic nitrogens is 1. The van der Waals surface area contributed by atoms with Gasteiger partial charge in [0.05, 0.1) is 0 Å². The molecule has 3 heteroatoms. The Morgan fingerprint density at radius 1 is 1.57 bits per heavy atom. The number of pyridine rings is 1. The lowest BCUT2D eigenvalue weighted by Gasteiger charge is -2.14. The summed E-state index contributed by atoms with van der Waals surface area (Å²) in [4.78, 5) is 4.11. The fraction of sp³-hybridized carbons (Fsp3) is 0.545. The number of likely N-dealkylation sites (N-methyl/N-ethyl adjacent to an activating group) is 1. The van der Waals surface area contributed by atoms with E-state index in [0.29, 0.717) is 12.6 Å². The molecule has 0 saturated carbocycles. The van der Waals surface area contributed by atoms with E-state index in [0.717, 1.165) is 17.9 Å². The lowest BCUT2D eigenvalue weighted by Crippen LogP contribution is -2.30. The van der Waals surface area contributed by atoms with E-state index in [4.69, 9.17) is 4.74 Å². The van der Waals surface area contributed by atoms with E-state index in [1.807, 2.05) is 26.1 Å². The first-order valence-electron chi connectivity index (χ1n) is 4.99. The molecule has 1 atom stereocenters. The number of ether oxygens (including phenoxy) is 1. The summed E-state index contributed by atoms with van der Waals surface area (Å²) in [6, 6.07) is 4.25. The Labute approximate surface area is 85.5 Å². The van der Waals surface area contributed by atoms with Crippen molar-refractivity contribution in [2.24, 2.45) is 0 Å². The maximum absolute atomic E-state index is 5.63. The average Bonchev–Trinajstić information content (AvgIpc) is 2.19. The van der Waals surface area contributed by atoms with Crippen LogP contribution >= 0.6 is 0 Å². The number of hydrogen-bond acceptors (Lipinski definition) is 3. The van der Waals surface area contributed by atoms with Gasteiger partial charge in [-0.25, -0.2) is 0 Å². The molecule has 1 aromatic heterocycles. The zero-order valence-corrected chi connectivity index (χ0v) is 9.08. The van der Waals surface area contributed by atoms with E-state index in [9.17, 15) is 0 Å². The molecule has 1 N–H and O–H groups in total. The van der Waals surface area contributed by atoms with Crippen molar-refractivity contribution in [3.8, 4) is 5.75 Å². The molecule has 14 heavy (non-hydrogen) atoms. The second kappa shape index (κ2) is 5.60. The summed E-state index contributed by atoms with van der Waals surface area (Å²) in [7, 11) is 1.95. The van der Waals surface area contributed by atoms with E-state index < -0.39 is 0 Å². The van der Waals surface area contributed by atoms with Gasteiger partial charge in [0.25, 0.3) is 0 Å². The quantitative estimate of drug-likeness (QED) is 0.775. The third kappa shape index (κ3) is 3.34. The molecule has 0 radical (unpaired) electrons. The van der Waals surface area contributed by atoms with E-state index >= 15 is 0 Å². The molecule has 78 valence electrons. The number of nitrogens with one attached hydrogen (secondary N) is 1. The van der Waals surface area contributed by atoms with Gasteiger partial charge < -0.3 is 10.1 Å². The van der Waals surface area contributed by atoms with E-state index in [1.165, 1.54) is 0 Å². The molecule has 0 bridgehead atoms. The molecule has 1 rings (SSSR count). The van der Waals surface area contributed by atoms with Crippen LogP contribution in [0.2, 0.25) is 0 Å². The third-order valence-corrected chi connectivity index (χ3v) is 2.22. The summed E-state index contributed by atoms with van der Waals surface area (Å²) in [5.41, 5.74) is 0.986. The first-order valence-corrected chi connectivity index (χ1v) is 4.99. The minimum atomic E-state index is 0.420. The van der Waals surface area contributed by atoms with E-state index in [1.54, 1.807) is 6.20 Å². The highest BCUT2D eigenvalue weighted by molar-refractivity contribution is 5.21. The molecule has 1 aromatic rings. The topological polar surface area (TPSA) is 34.1 Å². The smallest absolute Gasteiger partial charge is 0.122 e.